The van der Waals surface area contributed by atoms with Gasteiger partial charge >= 0.3 is 6.18 Å². The number of rotatable bonds is 6. The van der Waals surface area contributed by atoms with Crippen molar-refractivity contribution >= 4 is 15.7 Å². The molecule has 0 atom stereocenters. The minimum atomic E-state index is -4.49. The zero-order valence-corrected chi connectivity index (χ0v) is 13.9. The normalized spacial score (nSPS) is 12.3. The van der Waals surface area contributed by atoms with E-state index in [1.54, 1.807) is 24.5 Å². The molecule has 0 unspecified atom stereocenters. The molecular weight excluding hydrogens is 373 g/mol. The van der Waals surface area contributed by atoms with Gasteiger partial charge in [-0.2, -0.15) is 23.4 Å². The van der Waals surface area contributed by atoms with E-state index in [1.807, 2.05) is 0 Å². The summed E-state index contributed by atoms with van der Waals surface area (Å²) in [6, 6.07) is 3.58. The van der Waals surface area contributed by atoms with Crippen LogP contribution in [-0.2, 0) is 23.1 Å². The molecule has 1 N–H and O–H groups in total. The molecule has 0 fully saturated rings. The van der Waals surface area contributed by atoms with Crippen LogP contribution in [-0.4, -0.2) is 39.1 Å². The standard InChI is InChI=1S/C14H13F3N6O2S/c15-14(16,17)10-23-9-13(6-20-23)26(24,25)21-12-5-19-22(8-12)7-11-1-3-18-4-2-11/h1-6,8-9,21H,7,10H2. The first kappa shape index (κ1) is 17.9. The maximum atomic E-state index is 12.3. The first-order valence-corrected chi connectivity index (χ1v) is 8.73. The number of anilines is 1. The van der Waals surface area contributed by atoms with Gasteiger partial charge in [0.05, 0.1) is 24.6 Å². The third-order valence-electron chi connectivity index (χ3n) is 3.24. The van der Waals surface area contributed by atoms with Gasteiger partial charge in [-0.3, -0.25) is 19.1 Å². The fraction of sp³-hybridized carbons (Fsp3) is 0.214. The van der Waals surface area contributed by atoms with Gasteiger partial charge in [0.2, 0.25) is 0 Å². The summed E-state index contributed by atoms with van der Waals surface area (Å²) in [5.74, 6) is 0. The molecule has 3 rings (SSSR count). The monoisotopic (exact) mass is 386 g/mol. The third kappa shape index (κ3) is 4.59. The largest absolute Gasteiger partial charge is 0.408 e. The lowest BCUT2D eigenvalue weighted by molar-refractivity contribution is -0.142. The molecule has 0 amide bonds. The van der Waals surface area contributed by atoms with Gasteiger partial charge in [-0.05, 0) is 17.7 Å². The lowest BCUT2D eigenvalue weighted by Crippen LogP contribution is -2.18. The van der Waals surface area contributed by atoms with Gasteiger partial charge in [-0.1, -0.05) is 0 Å². The molecular formula is C14H13F3N6O2S. The van der Waals surface area contributed by atoms with Crippen molar-refractivity contribution in [3.8, 4) is 0 Å². The summed E-state index contributed by atoms with van der Waals surface area (Å²) < 4.78 is 65.8. The average Bonchev–Trinajstić information content (AvgIpc) is 3.16. The van der Waals surface area contributed by atoms with E-state index in [0.717, 1.165) is 18.0 Å². The van der Waals surface area contributed by atoms with E-state index in [9.17, 15) is 21.6 Å². The van der Waals surface area contributed by atoms with Crippen molar-refractivity contribution in [3.63, 3.8) is 0 Å². The van der Waals surface area contributed by atoms with Gasteiger partial charge in [0.15, 0.2) is 0 Å². The van der Waals surface area contributed by atoms with E-state index in [0.29, 0.717) is 11.2 Å². The maximum Gasteiger partial charge on any atom is 0.408 e. The second-order valence-electron chi connectivity index (χ2n) is 5.38. The van der Waals surface area contributed by atoms with Gasteiger partial charge in [0, 0.05) is 24.8 Å². The van der Waals surface area contributed by atoms with Crippen LogP contribution >= 0.6 is 0 Å². The zero-order valence-electron chi connectivity index (χ0n) is 13.1. The average molecular weight is 386 g/mol. The molecule has 0 aliphatic heterocycles. The lowest BCUT2D eigenvalue weighted by atomic mass is 10.3. The molecule has 3 aromatic heterocycles. The lowest BCUT2D eigenvalue weighted by Gasteiger charge is -2.05. The number of halogens is 3. The van der Waals surface area contributed by atoms with E-state index >= 15 is 0 Å². The second-order valence-corrected chi connectivity index (χ2v) is 7.06. The number of hydrogen-bond donors (Lipinski definition) is 1. The Hall–Kier alpha value is -2.89. The van der Waals surface area contributed by atoms with Crippen LogP contribution in [0.2, 0.25) is 0 Å². The van der Waals surface area contributed by atoms with Crippen LogP contribution in [0.1, 0.15) is 5.56 Å². The molecule has 8 nitrogen and oxygen atoms in total. The van der Waals surface area contributed by atoms with Crippen molar-refractivity contribution < 1.29 is 21.6 Å². The van der Waals surface area contributed by atoms with Crippen molar-refractivity contribution in [3.05, 3.63) is 54.9 Å². The van der Waals surface area contributed by atoms with Gasteiger partial charge in [-0.25, -0.2) is 8.42 Å². The van der Waals surface area contributed by atoms with Crippen LogP contribution in [0, 0.1) is 0 Å². The Morgan fingerprint density at radius 1 is 1.04 bits per heavy atom. The van der Waals surface area contributed by atoms with Crippen LogP contribution in [0.5, 0.6) is 0 Å². The molecule has 0 aromatic carbocycles. The Labute approximate surface area is 146 Å². The Kier molecular flexibility index (Phi) is 4.68. The second kappa shape index (κ2) is 6.78. The van der Waals surface area contributed by atoms with Gasteiger partial charge in [-0.15, -0.1) is 0 Å². The predicted molar refractivity (Wildman–Crippen MR) is 84.7 cm³/mol. The summed E-state index contributed by atoms with van der Waals surface area (Å²) in [5, 5.41) is 7.46. The van der Waals surface area contributed by atoms with E-state index in [-0.39, 0.29) is 10.6 Å². The summed E-state index contributed by atoms with van der Waals surface area (Å²) in [6.45, 7) is -0.958. The zero-order chi connectivity index (χ0) is 18.8. The number of sulfonamides is 1. The van der Waals surface area contributed by atoms with E-state index in [1.165, 1.54) is 17.1 Å². The maximum absolute atomic E-state index is 12.3. The number of hydrogen-bond acceptors (Lipinski definition) is 5. The van der Waals surface area contributed by atoms with Crippen LogP contribution in [0.25, 0.3) is 0 Å². The highest BCUT2D eigenvalue weighted by Crippen LogP contribution is 2.19. The summed E-state index contributed by atoms with van der Waals surface area (Å²) in [5.41, 5.74) is 1.11. The summed E-state index contributed by atoms with van der Waals surface area (Å²) in [6.07, 6.45) is 3.21. The number of nitrogens with zero attached hydrogens (tertiary/aromatic N) is 5. The molecule has 0 saturated heterocycles. The number of nitrogens with one attached hydrogen (secondary N) is 1. The van der Waals surface area contributed by atoms with Crippen molar-refractivity contribution in [2.75, 3.05) is 4.72 Å². The molecule has 0 aliphatic rings. The Morgan fingerprint density at radius 2 is 1.73 bits per heavy atom. The van der Waals surface area contributed by atoms with Gasteiger partial charge < -0.3 is 0 Å². The smallest absolute Gasteiger partial charge is 0.276 e. The Bertz CT molecular complexity index is 982. The quantitative estimate of drug-likeness (QED) is 0.698. The molecule has 0 radical (unpaired) electrons. The molecule has 0 saturated carbocycles. The van der Waals surface area contributed by atoms with Crippen molar-refractivity contribution in [2.45, 2.75) is 24.2 Å². The molecule has 3 aromatic rings. The number of alkyl halides is 3. The third-order valence-corrected chi connectivity index (χ3v) is 4.58. The molecule has 3 heterocycles. The molecule has 0 aliphatic carbocycles. The number of pyridine rings is 1. The summed E-state index contributed by atoms with van der Waals surface area (Å²) in [7, 11) is -4.07. The van der Waals surface area contributed by atoms with Crippen molar-refractivity contribution in [1.29, 1.82) is 0 Å². The first-order valence-electron chi connectivity index (χ1n) is 7.25. The minimum Gasteiger partial charge on any atom is -0.276 e. The van der Waals surface area contributed by atoms with Crippen LogP contribution in [0.4, 0.5) is 18.9 Å². The summed E-state index contributed by atoms with van der Waals surface area (Å²) in [4.78, 5) is 3.53. The highest BCUT2D eigenvalue weighted by atomic mass is 32.2. The van der Waals surface area contributed by atoms with Gasteiger partial charge in [0.25, 0.3) is 10.0 Å². The fourth-order valence-electron chi connectivity index (χ4n) is 2.15. The van der Waals surface area contributed by atoms with Crippen molar-refractivity contribution in [1.82, 2.24) is 24.5 Å². The van der Waals surface area contributed by atoms with Gasteiger partial charge in [0.1, 0.15) is 11.4 Å². The molecule has 0 spiro atoms. The molecule has 138 valence electrons. The van der Waals surface area contributed by atoms with Crippen LogP contribution in [0.3, 0.4) is 0 Å². The fourth-order valence-corrected chi connectivity index (χ4v) is 3.13. The summed E-state index contributed by atoms with van der Waals surface area (Å²) >= 11 is 0. The van der Waals surface area contributed by atoms with Crippen molar-refractivity contribution in [2.24, 2.45) is 0 Å². The molecule has 0 bridgehead atoms. The highest BCUT2D eigenvalue weighted by molar-refractivity contribution is 7.92. The number of aromatic nitrogens is 5. The van der Waals surface area contributed by atoms with E-state index in [4.69, 9.17) is 0 Å². The van der Waals surface area contributed by atoms with Crippen LogP contribution in [0.15, 0.2) is 54.2 Å². The Morgan fingerprint density at radius 3 is 2.42 bits per heavy atom. The predicted octanol–water partition coefficient (Wildman–Crippen LogP) is 1.89. The topological polar surface area (TPSA) is 94.7 Å². The van der Waals surface area contributed by atoms with E-state index in [2.05, 4.69) is 19.9 Å². The highest BCUT2D eigenvalue weighted by Gasteiger charge is 2.29. The minimum absolute atomic E-state index is 0.183. The molecule has 26 heavy (non-hydrogen) atoms. The SMILES string of the molecule is O=S(=O)(Nc1cnn(Cc2ccncc2)c1)c1cnn(CC(F)(F)F)c1. The van der Waals surface area contributed by atoms with E-state index < -0.39 is 22.7 Å². The first-order chi connectivity index (χ1) is 12.2. The molecule has 12 heteroatoms. The Balaban J connectivity index is 1.70. The van der Waals surface area contributed by atoms with Crippen LogP contribution < -0.4 is 4.72 Å².